The number of nitrogens with one attached hydrogen (secondary N) is 1. The standard InChI is InChI=1S/C20H16N4O3S/c1-12-10-17-22-23-20(24(17)16-9-5-3-6-13(12)16)28-11-18(25)21-15-8-4-2-7-14(15)19(26)27/h2-10H,11H2,1H3,(H,21,25)(H,26,27)/p-1. The highest BCUT2D eigenvalue weighted by Gasteiger charge is 2.14. The summed E-state index contributed by atoms with van der Waals surface area (Å²) in [6, 6.07) is 16.0. The Labute approximate surface area is 164 Å². The van der Waals surface area contributed by atoms with Gasteiger partial charge in [0.05, 0.1) is 17.2 Å². The van der Waals surface area contributed by atoms with Crippen LogP contribution >= 0.6 is 11.8 Å². The normalized spacial score (nSPS) is 11.0. The Kier molecular flexibility index (Phi) is 4.70. The summed E-state index contributed by atoms with van der Waals surface area (Å²) in [6.45, 7) is 2.02. The number of aryl methyl sites for hydroxylation is 1. The number of pyridine rings is 1. The predicted molar refractivity (Wildman–Crippen MR) is 105 cm³/mol. The van der Waals surface area contributed by atoms with Gasteiger partial charge in [-0.1, -0.05) is 48.2 Å². The summed E-state index contributed by atoms with van der Waals surface area (Å²) in [7, 11) is 0. The third-order valence-corrected chi connectivity index (χ3v) is 5.26. The second-order valence-electron chi connectivity index (χ2n) is 6.19. The second-order valence-corrected chi connectivity index (χ2v) is 7.13. The molecule has 0 saturated carbocycles. The van der Waals surface area contributed by atoms with Crippen LogP contribution in [-0.2, 0) is 4.79 Å². The van der Waals surface area contributed by atoms with E-state index in [1.165, 1.54) is 23.9 Å². The maximum atomic E-state index is 12.3. The van der Waals surface area contributed by atoms with E-state index in [0.717, 1.165) is 16.5 Å². The molecule has 0 radical (unpaired) electrons. The van der Waals surface area contributed by atoms with Crippen molar-refractivity contribution in [1.29, 1.82) is 0 Å². The molecule has 4 aromatic rings. The van der Waals surface area contributed by atoms with Crippen LogP contribution in [0, 0.1) is 6.92 Å². The maximum absolute atomic E-state index is 12.3. The van der Waals surface area contributed by atoms with E-state index in [2.05, 4.69) is 15.5 Å². The van der Waals surface area contributed by atoms with E-state index in [1.54, 1.807) is 12.1 Å². The van der Waals surface area contributed by atoms with Gasteiger partial charge in [0.25, 0.3) is 0 Å². The summed E-state index contributed by atoms with van der Waals surface area (Å²) in [6.07, 6.45) is 0. The first-order valence-corrected chi connectivity index (χ1v) is 9.49. The van der Waals surface area contributed by atoms with E-state index >= 15 is 0 Å². The van der Waals surface area contributed by atoms with Gasteiger partial charge in [-0.15, -0.1) is 10.2 Å². The van der Waals surface area contributed by atoms with E-state index in [9.17, 15) is 14.7 Å². The van der Waals surface area contributed by atoms with Crippen molar-refractivity contribution in [1.82, 2.24) is 14.6 Å². The van der Waals surface area contributed by atoms with Crippen molar-refractivity contribution < 1.29 is 14.7 Å². The highest BCUT2D eigenvalue weighted by atomic mass is 32.2. The van der Waals surface area contributed by atoms with Crippen molar-refractivity contribution in [3.8, 4) is 0 Å². The van der Waals surface area contributed by atoms with Crippen LogP contribution in [0.3, 0.4) is 0 Å². The van der Waals surface area contributed by atoms with Gasteiger partial charge in [-0.25, -0.2) is 0 Å². The molecule has 0 aliphatic heterocycles. The number of thioether (sulfide) groups is 1. The van der Waals surface area contributed by atoms with E-state index in [-0.39, 0.29) is 22.9 Å². The zero-order valence-corrected chi connectivity index (χ0v) is 15.7. The van der Waals surface area contributed by atoms with E-state index < -0.39 is 5.97 Å². The number of benzene rings is 2. The van der Waals surface area contributed by atoms with Crippen LogP contribution in [-0.4, -0.2) is 32.2 Å². The van der Waals surface area contributed by atoms with Gasteiger partial charge in [0.2, 0.25) is 5.91 Å². The number of carbonyl (C=O) groups is 2. The summed E-state index contributed by atoms with van der Waals surface area (Å²) in [4.78, 5) is 23.5. The number of carboxylic acid groups (broad SMARTS) is 1. The molecule has 0 aliphatic carbocycles. The molecule has 0 aliphatic rings. The first-order chi connectivity index (χ1) is 13.5. The lowest BCUT2D eigenvalue weighted by atomic mass is 10.1. The molecule has 8 heteroatoms. The number of carbonyl (C=O) groups excluding carboxylic acids is 2. The Morgan fingerprint density at radius 1 is 1.11 bits per heavy atom. The Hall–Kier alpha value is -3.39. The summed E-state index contributed by atoms with van der Waals surface area (Å²) < 4.78 is 1.91. The highest BCUT2D eigenvalue weighted by Crippen LogP contribution is 2.26. The fourth-order valence-corrected chi connectivity index (χ4v) is 3.81. The van der Waals surface area contributed by atoms with Crippen LogP contribution in [0.2, 0.25) is 0 Å². The van der Waals surface area contributed by atoms with Crippen LogP contribution in [0.1, 0.15) is 15.9 Å². The van der Waals surface area contributed by atoms with Crippen molar-refractivity contribution in [3.63, 3.8) is 0 Å². The molecule has 1 amide bonds. The molecule has 0 bridgehead atoms. The number of amides is 1. The van der Waals surface area contributed by atoms with Crippen LogP contribution in [0.5, 0.6) is 0 Å². The smallest absolute Gasteiger partial charge is 0.234 e. The molecule has 7 nitrogen and oxygen atoms in total. The molecule has 1 N–H and O–H groups in total. The number of para-hydroxylation sites is 2. The average molecular weight is 391 g/mol. The molecule has 140 valence electrons. The van der Waals surface area contributed by atoms with Crippen molar-refractivity contribution in [2.75, 3.05) is 11.1 Å². The third-order valence-electron chi connectivity index (χ3n) is 4.33. The third kappa shape index (κ3) is 3.29. The first kappa shape index (κ1) is 18.0. The number of nitrogens with zero attached hydrogens (tertiary/aromatic N) is 3. The van der Waals surface area contributed by atoms with E-state index in [1.807, 2.05) is 41.7 Å². The molecule has 2 aromatic carbocycles. The molecule has 0 spiro atoms. The molecule has 0 saturated heterocycles. The minimum absolute atomic E-state index is 0.0599. The zero-order chi connectivity index (χ0) is 19.7. The lowest BCUT2D eigenvalue weighted by molar-refractivity contribution is -0.254. The molecular weight excluding hydrogens is 376 g/mol. The number of aromatic nitrogens is 3. The number of carboxylic acids is 1. The van der Waals surface area contributed by atoms with Gasteiger partial charge < -0.3 is 15.2 Å². The van der Waals surface area contributed by atoms with E-state index in [4.69, 9.17) is 0 Å². The second kappa shape index (κ2) is 7.32. The van der Waals surface area contributed by atoms with Crippen molar-refractivity contribution >= 4 is 45.9 Å². The van der Waals surface area contributed by atoms with Crippen LogP contribution < -0.4 is 10.4 Å². The van der Waals surface area contributed by atoms with Gasteiger partial charge in [-0.3, -0.25) is 9.20 Å². The maximum Gasteiger partial charge on any atom is 0.234 e. The SMILES string of the molecule is Cc1cc2nnc(SCC(=O)Nc3ccccc3C(=O)[O-])n2c2ccccc12. The van der Waals surface area contributed by atoms with E-state index in [0.29, 0.717) is 10.8 Å². The molecule has 4 rings (SSSR count). The number of aromatic carboxylic acids is 1. The first-order valence-electron chi connectivity index (χ1n) is 8.51. The largest absolute Gasteiger partial charge is 0.545 e. The Morgan fingerprint density at radius 3 is 2.68 bits per heavy atom. The van der Waals surface area contributed by atoms with Gasteiger partial charge in [-0.05, 0) is 30.7 Å². The molecular formula is C20H15N4O3S-. The number of rotatable bonds is 5. The van der Waals surface area contributed by atoms with Crippen molar-refractivity contribution in [3.05, 3.63) is 65.7 Å². The fraction of sp³-hybridized carbons (Fsp3) is 0.100. The lowest BCUT2D eigenvalue weighted by Crippen LogP contribution is -2.25. The van der Waals surface area contributed by atoms with Gasteiger partial charge in [0.1, 0.15) is 0 Å². The Bertz CT molecular complexity index is 1220. The number of anilines is 1. The van der Waals surface area contributed by atoms with Crippen molar-refractivity contribution in [2.24, 2.45) is 0 Å². The van der Waals surface area contributed by atoms with Crippen LogP contribution in [0.15, 0.2) is 59.8 Å². The molecule has 0 atom stereocenters. The minimum atomic E-state index is -1.34. The van der Waals surface area contributed by atoms with Gasteiger partial charge in [0, 0.05) is 16.6 Å². The molecule has 0 unspecified atom stereocenters. The summed E-state index contributed by atoms with van der Waals surface area (Å²) in [5.41, 5.74) is 2.92. The van der Waals surface area contributed by atoms with Gasteiger partial charge >= 0.3 is 0 Å². The zero-order valence-electron chi connectivity index (χ0n) is 14.9. The number of hydrogen-bond acceptors (Lipinski definition) is 6. The van der Waals surface area contributed by atoms with Crippen LogP contribution in [0.25, 0.3) is 16.6 Å². The fourth-order valence-electron chi connectivity index (χ4n) is 3.05. The molecule has 2 aromatic heterocycles. The minimum Gasteiger partial charge on any atom is -0.545 e. The summed E-state index contributed by atoms with van der Waals surface area (Å²) in [5.74, 6) is -1.62. The molecule has 0 fully saturated rings. The lowest BCUT2D eigenvalue weighted by Gasteiger charge is -2.11. The highest BCUT2D eigenvalue weighted by molar-refractivity contribution is 7.99. The van der Waals surface area contributed by atoms with Crippen molar-refractivity contribution in [2.45, 2.75) is 12.1 Å². The molecule has 2 heterocycles. The van der Waals surface area contributed by atoms with Gasteiger partial charge in [0.15, 0.2) is 10.8 Å². The van der Waals surface area contributed by atoms with Gasteiger partial charge in [-0.2, -0.15) is 0 Å². The average Bonchev–Trinajstić information content (AvgIpc) is 3.10. The summed E-state index contributed by atoms with van der Waals surface area (Å²) >= 11 is 1.23. The Balaban J connectivity index is 1.58. The van der Waals surface area contributed by atoms with Crippen LogP contribution in [0.4, 0.5) is 5.69 Å². The quantitative estimate of drug-likeness (QED) is 0.524. The monoisotopic (exact) mass is 391 g/mol. The summed E-state index contributed by atoms with van der Waals surface area (Å²) in [5, 5.41) is 23.9. The number of fused-ring (bicyclic) bond motifs is 3. The Morgan fingerprint density at radius 2 is 1.86 bits per heavy atom. The topological polar surface area (TPSA) is 99.4 Å². The molecule has 28 heavy (non-hydrogen) atoms. The predicted octanol–water partition coefficient (Wildman–Crippen LogP) is 2.29. The number of hydrogen-bond donors (Lipinski definition) is 1.